The van der Waals surface area contributed by atoms with Crippen molar-refractivity contribution in [1.29, 1.82) is 0 Å². The molecule has 2 N–H and O–H groups in total. The Kier molecular flexibility index (Phi) is 4.86. The summed E-state index contributed by atoms with van der Waals surface area (Å²) in [5, 5.41) is 2.84. The van der Waals surface area contributed by atoms with Crippen molar-refractivity contribution in [1.82, 2.24) is 4.90 Å². The molecule has 2 unspecified atom stereocenters. The molecule has 1 fully saturated rings. The van der Waals surface area contributed by atoms with Crippen molar-refractivity contribution in [2.75, 3.05) is 19.6 Å². The Labute approximate surface area is 113 Å². The minimum absolute atomic E-state index is 0.370. The highest BCUT2D eigenvalue weighted by molar-refractivity contribution is 7.10. The van der Waals surface area contributed by atoms with Gasteiger partial charge < -0.3 is 5.73 Å². The van der Waals surface area contributed by atoms with Crippen LogP contribution in [0.2, 0.25) is 5.02 Å². The summed E-state index contributed by atoms with van der Waals surface area (Å²) in [7, 11) is 0. The lowest BCUT2D eigenvalue weighted by Gasteiger charge is -2.25. The van der Waals surface area contributed by atoms with Gasteiger partial charge >= 0.3 is 0 Å². The van der Waals surface area contributed by atoms with Crippen molar-refractivity contribution in [2.45, 2.75) is 32.2 Å². The van der Waals surface area contributed by atoms with Gasteiger partial charge in [-0.3, -0.25) is 4.90 Å². The van der Waals surface area contributed by atoms with E-state index in [1.165, 1.54) is 37.2 Å². The minimum atomic E-state index is 0.370. The number of halogens is 1. The van der Waals surface area contributed by atoms with Crippen LogP contribution in [0.25, 0.3) is 0 Å². The fraction of sp³-hybridized carbons (Fsp3) is 0.692. The van der Waals surface area contributed by atoms with E-state index in [1.54, 1.807) is 11.3 Å². The van der Waals surface area contributed by atoms with Crippen molar-refractivity contribution in [3.63, 3.8) is 0 Å². The van der Waals surface area contributed by atoms with E-state index in [0.717, 1.165) is 10.9 Å². The third-order valence-electron chi connectivity index (χ3n) is 3.59. The highest BCUT2D eigenvalue weighted by atomic mass is 35.5. The van der Waals surface area contributed by atoms with Crippen LogP contribution in [0.5, 0.6) is 0 Å². The summed E-state index contributed by atoms with van der Waals surface area (Å²) >= 11 is 7.73. The summed E-state index contributed by atoms with van der Waals surface area (Å²) in [5.41, 5.74) is 5.94. The molecule has 0 aliphatic carbocycles. The predicted octanol–water partition coefficient (Wildman–Crippen LogP) is 3.52. The largest absolute Gasteiger partial charge is 0.329 e. The quantitative estimate of drug-likeness (QED) is 0.889. The summed E-state index contributed by atoms with van der Waals surface area (Å²) in [6.45, 7) is 5.34. The van der Waals surface area contributed by atoms with E-state index < -0.39 is 0 Å². The molecule has 1 aromatic rings. The van der Waals surface area contributed by atoms with Crippen molar-refractivity contribution in [2.24, 2.45) is 11.7 Å². The van der Waals surface area contributed by atoms with Crippen LogP contribution in [0.15, 0.2) is 11.4 Å². The second-order valence-corrected chi connectivity index (χ2v) is 6.24. The molecule has 0 amide bonds. The molecule has 2 rings (SSSR count). The highest BCUT2D eigenvalue weighted by Crippen LogP contribution is 2.33. The van der Waals surface area contributed by atoms with Gasteiger partial charge in [0.25, 0.3) is 0 Å². The monoisotopic (exact) mass is 272 g/mol. The average molecular weight is 273 g/mol. The zero-order valence-corrected chi connectivity index (χ0v) is 11.9. The molecule has 2 atom stereocenters. The fourth-order valence-corrected chi connectivity index (χ4v) is 3.97. The molecule has 0 aromatic carbocycles. The van der Waals surface area contributed by atoms with Gasteiger partial charge in [-0.15, -0.1) is 11.3 Å². The maximum Gasteiger partial charge on any atom is 0.0564 e. The van der Waals surface area contributed by atoms with Gasteiger partial charge in [0.1, 0.15) is 0 Å². The van der Waals surface area contributed by atoms with Crippen LogP contribution < -0.4 is 5.73 Å². The number of hydrogen-bond donors (Lipinski definition) is 1. The molecule has 0 spiro atoms. The SMILES string of the molecule is CCCC1CCN(C(CN)c2cc(Cl)cs2)C1. The zero-order chi connectivity index (χ0) is 12.3. The third kappa shape index (κ3) is 3.22. The second kappa shape index (κ2) is 6.19. The van der Waals surface area contributed by atoms with Crippen molar-refractivity contribution >= 4 is 22.9 Å². The summed E-state index contributed by atoms with van der Waals surface area (Å²) < 4.78 is 0. The molecule has 1 aliphatic rings. The standard InChI is InChI=1S/C13H21ClN2S/c1-2-3-10-4-5-16(8-10)12(7-15)13-6-11(14)9-17-13/h6,9-10,12H,2-5,7-8,15H2,1H3. The molecule has 0 saturated carbocycles. The van der Waals surface area contributed by atoms with Gasteiger partial charge in [0, 0.05) is 23.3 Å². The molecule has 4 heteroatoms. The van der Waals surface area contributed by atoms with Gasteiger partial charge in [0.05, 0.1) is 11.1 Å². The predicted molar refractivity (Wildman–Crippen MR) is 75.7 cm³/mol. The first kappa shape index (κ1) is 13.3. The first-order valence-corrected chi connectivity index (χ1v) is 7.68. The maximum absolute atomic E-state index is 6.00. The zero-order valence-electron chi connectivity index (χ0n) is 10.4. The first-order chi connectivity index (χ1) is 8.24. The van der Waals surface area contributed by atoms with Crippen LogP contribution in [-0.2, 0) is 0 Å². The Morgan fingerprint density at radius 3 is 3.06 bits per heavy atom. The number of hydrogen-bond acceptors (Lipinski definition) is 3. The molecule has 1 saturated heterocycles. The van der Waals surface area contributed by atoms with E-state index in [-0.39, 0.29) is 0 Å². The van der Waals surface area contributed by atoms with E-state index in [1.807, 2.05) is 5.38 Å². The first-order valence-electron chi connectivity index (χ1n) is 6.42. The molecule has 17 heavy (non-hydrogen) atoms. The Bertz CT molecular complexity index is 353. The van der Waals surface area contributed by atoms with Gasteiger partial charge in [-0.25, -0.2) is 0 Å². The van der Waals surface area contributed by atoms with E-state index in [2.05, 4.69) is 17.9 Å². The Balaban J connectivity index is 2.00. The van der Waals surface area contributed by atoms with Crippen LogP contribution in [0, 0.1) is 5.92 Å². The molecular formula is C13H21ClN2S. The molecule has 0 radical (unpaired) electrons. The van der Waals surface area contributed by atoms with Crippen molar-refractivity contribution < 1.29 is 0 Å². The van der Waals surface area contributed by atoms with Crippen LogP contribution >= 0.6 is 22.9 Å². The Morgan fingerprint density at radius 2 is 2.47 bits per heavy atom. The van der Waals surface area contributed by atoms with Crippen molar-refractivity contribution in [3.05, 3.63) is 21.3 Å². The van der Waals surface area contributed by atoms with E-state index >= 15 is 0 Å². The Hall–Kier alpha value is -0.0900. The number of rotatable bonds is 5. The molecule has 96 valence electrons. The fourth-order valence-electron chi connectivity index (χ4n) is 2.74. The molecule has 2 nitrogen and oxygen atoms in total. The number of nitrogens with two attached hydrogens (primary N) is 1. The molecular weight excluding hydrogens is 252 g/mol. The number of nitrogens with zero attached hydrogens (tertiary/aromatic N) is 1. The van der Waals surface area contributed by atoms with Crippen LogP contribution in [0.3, 0.4) is 0 Å². The lowest BCUT2D eigenvalue weighted by atomic mass is 10.0. The normalized spacial score (nSPS) is 23.1. The highest BCUT2D eigenvalue weighted by Gasteiger charge is 2.28. The van der Waals surface area contributed by atoms with Gasteiger partial charge in [-0.1, -0.05) is 24.9 Å². The van der Waals surface area contributed by atoms with Crippen LogP contribution in [0.1, 0.15) is 37.1 Å². The van der Waals surface area contributed by atoms with Crippen molar-refractivity contribution in [3.8, 4) is 0 Å². The van der Waals surface area contributed by atoms with Gasteiger partial charge in [0.15, 0.2) is 0 Å². The maximum atomic E-state index is 6.00. The van der Waals surface area contributed by atoms with E-state index in [0.29, 0.717) is 12.6 Å². The van der Waals surface area contributed by atoms with E-state index in [4.69, 9.17) is 17.3 Å². The lowest BCUT2D eigenvalue weighted by Crippen LogP contribution is -2.31. The third-order valence-corrected chi connectivity index (χ3v) is 4.98. The van der Waals surface area contributed by atoms with Crippen LogP contribution in [-0.4, -0.2) is 24.5 Å². The van der Waals surface area contributed by atoms with Gasteiger partial charge in [0.2, 0.25) is 0 Å². The molecule has 1 aromatic heterocycles. The smallest absolute Gasteiger partial charge is 0.0564 e. The second-order valence-electron chi connectivity index (χ2n) is 4.86. The number of likely N-dealkylation sites (tertiary alicyclic amines) is 1. The summed E-state index contributed by atoms with van der Waals surface area (Å²) in [6.07, 6.45) is 3.96. The topological polar surface area (TPSA) is 29.3 Å². The average Bonchev–Trinajstić information content (AvgIpc) is 2.91. The Morgan fingerprint density at radius 1 is 1.65 bits per heavy atom. The van der Waals surface area contributed by atoms with Gasteiger partial charge in [-0.05, 0) is 31.4 Å². The molecule has 0 bridgehead atoms. The van der Waals surface area contributed by atoms with Gasteiger partial charge in [-0.2, -0.15) is 0 Å². The lowest BCUT2D eigenvalue weighted by molar-refractivity contribution is 0.243. The van der Waals surface area contributed by atoms with Crippen LogP contribution in [0.4, 0.5) is 0 Å². The minimum Gasteiger partial charge on any atom is -0.329 e. The summed E-state index contributed by atoms with van der Waals surface area (Å²) in [4.78, 5) is 3.84. The van der Waals surface area contributed by atoms with E-state index in [9.17, 15) is 0 Å². The molecule has 2 heterocycles. The molecule has 1 aliphatic heterocycles. The summed E-state index contributed by atoms with van der Waals surface area (Å²) in [6, 6.07) is 2.44. The number of thiophene rings is 1. The summed E-state index contributed by atoms with van der Waals surface area (Å²) in [5.74, 6) is 0.865.